The third-order valence-electron chi connectivity index (χ3n) is 4.61. The lowest BCUT2D eigenvalue weighted by Gasteiger charge is -2.06. The standard InChI is InChI=1S/C22H22N4O3/c1-14(25-16-4-6-17(7-5-16)28-10-2-9-23)21-18-11-15(20-12-24-13-29-20)3-8-19(18)26-22(21)27/h3-8,11-13,26-27H,2,9-10,23H2,1H3. The minimum Gasteiger partial charge on any atom is -0.494 e. The molecule has 2 aromatic carbocycles. The van der Waals surface area contributed by atoms with Crippen molar-refractivity contribution in [2.75, 3.05) is 13.2 Å². The lowest BCUT2D eigenvalue weighted by Crippen LogP contribution is -2.05. The molecule has 148 valence electrons. The largest absolute Gasteiger partial charge is 0.494 e. The fourth-order valence-electron chi connectivity index (χ4n) is 3.20. The van der Waals surface area contributed by atoms with Gasteiger partial charge in [-0.1, -0.05) is 0 Å². The summed E-state index contributed by atoms with van der Waals surface area (Å²) < 4.78 is 11.0. The predicted molar refractivity (Wildman–Crippen MR) is 113 cm³/mol. The maximum atomic E-state index is 10.5. The van der Waals surface area contributed by atoms with Gasteiger partial charge in [0.25, 0.3) is 0 Å². The quantitative estimate of drug-likeness (QED) is 0.320. The Kier molecular flexibility index (Phi) is 5.31. The Balaban J connectivity index is 1.64. The van der Waals surface area contributed by atoms with Gasteiger partial charge in [0.05, 0.1) is 29.8 Å². The van der Waals surface area contributed by atoms with Gasteiger partial charge in [0.1, 0.15) is 5.75 Å². The number of nitrogens with two attached hydrogens (primary N) is 1. The zero-order chi connectivity index (χ0) is 20.2. The Bertz CT molecular complexity index is 1130. The average Bonchev–Trinajstić information content (AvgIpc) is 3.36. The van der Waals surface area contributed by atoms with E-state index in [0.717, 1.165) is 34.3 Å². The van der Waals surface area contributed by atoms with E-state index in [1.54, 1.807) is 6.20 Å². The van der Waals surface area contributed by atoms with Crippen LogP contribution >= 0.6 is 0 Å². The number of rotatable bonds is 7. The Hall–Kier alpha value is -3.58. The van der Waals surface area contributed by atoms with Crippen molar-refractivity contribution in [3.8, 4) is 23.0 Å². The molecule has 0 bridgehead atoms. The summed E-state index contributed by atoms with van der Waals surface area (Å²) in [6.07, 6.45) is 3.87. The second kappa shape index (κ2) is 8.20. The zero-order valence-corrected chi connectivity index (χ0v) is 16.1. The second-order valence-corrected chi connectivity index (χ2v) is 6.66. The number of aliphatic imine (C=N–C) groups is 1. The van der Waals surface area contributed by atoms with Gasteiger partial charge in [-0.3, -0.25) is 4.99 Å². The molecule has 4 aromatic rings. The smallest absolute Gasteiger partial charge is 0.198 e. The number of fused-ring (bicyclic) bond motifs is 1. The number of aromatic hydroxyl groups is 1. The molecule has 0 amide bonds. The molecule has 7 heteroatoms. The van der Waals surface area contributed by atoms with E-state index in [2.05, 4.69) is 15.0 Å². The third-order valence-corrected chi connectivity index (χ3v) is 4.61. The number of benzene rings is 2. The predicted octanol–water partition coefficient (Wildman–Crippen LogP) is 4.40. The Morgan fingerprint density at radius 1 is 1.24 bits per heavy atom. The summed E-state index contributed by atoms with van der Waals surface area (Å²) in [6, 6.07) is 13.3. The lowest BCUT2D eigenvalue weighted by atomic mass is 10.1. The van der Waals surface area contributed by atoms with Crippen LogP contribution in [0.15, 0.2) is 64.5 Å². The number of ether oxygens (including phenoxy) is 1. The van der Waals surface area contributed by atoms with Crippen LogP contribution in [0.5, 0.6) is 11.6 Å². The molecular weight excluding hydrogens is 368 g/mol. The van der Waals surface area contributed by atoms with Crippen molar-refractivity contribution in [1.29, 1.82) is 0 Å². The van der Waals surface area contributed by atoms with Crippen LogP contribution in [0.1, 0.15) is 18.9 Å². The molecule has 0 radical (unpaired) electrons. The van der Waals surface area contributed by atoms with Crippen molar-refractivity contribution in [2.24, 2.45) is 10.7 Å². The molecular formula is C22H22N4O3. The summed E-state index contributed by atoms with van der Waals surface area (Å²) >= 11 is 0. The molecule has 0 fully saturated rings. The van der Waals surface area contributed by atoms with Gasteiger partial charge in [-0.05, 0) is 62.4 Å². The molecule has 2 heterocycles. The maximum Gasteiger partial charge on any atom is 0.198 e. The van der Waals surface area contributed by atoms with E-state index in [4.69, 9.17) is 14.9 Å². The molecule has 29 heavy (non-hydrogen) atoms. The van der Waals surface area contributed by atoms with Crippen molar-refractivity contribution < 1.29 is 14.3 Å². The first-order valence-corrected chi connectivity index (χ1v) is 9.38. The number of aromatic amines is 1. The van der Waals surface area contributed by atoms with E-state index in [9.17, 15) is 5.11 Å². The summed E-state index contributed by atoms with van der Waals surface area (Å²) in [6.45, 7) is 3.07. The van der Waals surface area contributed by atoms with E-state index in [0.29, 0.717) is 30.2 Å². The molecule has 0 saturated heterocycles. The van der Waals surface area contributed by atoms with Crippen molar-refractivity contribution >= 4 is 22.3 Å². The van der Waals surface area contributed by atoms with Crippen molar-refractivity contribution in [2.45, 2.75) is 13.3 Å². The van der Waals surface area contributed by atoms with Crippen LogP contribution in [0.3, 0.4) is 0 Å². The lowest BCUT2D eigenvalue weighted by molar-refractivity contribution is 0.313. The van der Waals surface area contributed by atoms with Crippen LogP contribution in [0.2, 0.25) is 0 Å². The summed E-state index contributed by atoms with van der Waals surface area (Å²) in [5.74, 6) is 1.53. The fraction of sp³-hybridized carbons (Fsp3) is 0.182. The second-order valence-electron chi connectivity index (χ2n) is 6.66. The van der Waals surface area contributed by atoms with Crippen LogP contribution in [-0.2, 0) is 0 Å². The van der Waals surface area contributed by atoms with Gasteiger partial charge < -0.3 is 25.0 Å². The van der Waals surface area contributed by atoms with Crippen LogP contribution in [0.25, 0.3) is 22.2 Å². The van der Waals surface area contributed by atoms with E-state index in [1.807, 2.05) is 49.4 Å². The van der Waals surface area contributed by atoms with Crippen molar-refractivity contribution in [3.63, 3.8) is 0 Å². The molecule has 0 atom stereocenters. The van der Waals surface area contributed by atoms with Gasteiger partial charge >= 0.3 is 0 Å². The highest BCUT2D eigenvalue weighted by molar-refractivity contribution is 6.13. The maximum absolute atomic E-state index is 10.5. The molecule has 0 aliphatic carbocycles. The van der Waals surface area contributed by atoms with Gasteiger partial charge in [0.2, 0.25) is 0 Å². The Morgan fingerprint density at radius 2 is 2.07 bits per heavy atom. The van der Waals surface area contributed by atoms with E-state index in [1.165, 1.54) is 6.39 Å². The molecule has 0 saturated carbocycles. The highest BCUT2D eigenvalue weighted by atomic mass is 16.5. The van der Waals surface area contributed by atoms with Gasteiger partial charge in [-0.25, -0.2) is 4.98 Å². The first-order valence-electron chi connectivity index (χ1n) is 9.38. The highest BCUT2D eigenvalue weighted by Crippen LogP contribution is 2.32. The summed E-state index contributed by atoms with van der Waals surface area (Å²) in [4.78, 5) is 11.6. The number of hydrogen-bond acceptors (Lipinski definition) is 6. The van der Waals surface area contributed by atoms with Crippen LogP contribution < -0.4 is 10.5 Å². The van der Waals surface area contributed by atoms with E-state index >= 15 is 0 Å². The van der Waals surface area contributed by atoms with Crippen molar-refractivity contribution in [3.05, 3.63) is 60.6 Å². The Labute approximate surface area is 167 Å². The van der Waals surface area contributed by atoms with Gasteiger partial charge in [0, 0.05) is 16.5 Å². The summed E-state index contributed by atoms with van der Waals surface area (Å²) in [5, 5.41) is 11.3. The summed E-state index contributed by atoms with van der Waals surface area (Å²) in [5.41, 5.74) is 9.30. The normalized spacial score (nSPS) is 11.9. The number of hydrogen-bond donors (Lipinski definition) is 3. The van der Waals surface area contributed by atoms with Crippen LogP contribution in [0.4, 0.5) is 5.69 Å². The third kappa shape index (κ3) is 4.00. The number of nitrogens with zero attached hydrogens (tertiary/aromatic N) is 2. The minimum absolute atomic E-state index is 0.0812. The number of oxazole rings is 1. The van der Waals surface area contributed by atoms with Crippen LogP contribution in [0, 0.1) is 0 Å². The number of H-pyrrole nitrogens is 1. The molecule has 0 spiro atoms. The first-order chi connectivity index (χ1) is 14.2. The number of aromatic nitrogens is 2. The van der Waals surface area contributed by atoms with E-state index in [-0.39, 0.29) is 5.88 Å². The van der Waals surface area contributed by atoms with Crippen molar-refractivity contribution in [1.82, 2.24) is 9.97 Å². The molecule has 2 aromatic heterocycles. The van der Waals surface area contributed by atoms with E-state index < -0.39 is 0 Å². The molecule has 0 aliphatic rings. The minimum atomic E-state index is 0.0812. The average molecular weight is 390 g/mol. The molecule has 4 N–H and O–H groups in total. The van der Waals surface area contributed by atoms with Crippen LogP contribution in [-0.4, -0.2) is 33.9 Å². The number of nitrogens with one attached hydrogen (secondary N) is 1. The monoisotopic (exact) mass is 390 g/mol. The van der Waals surface area contributed by atoms with Gasteiger partial charge in [0.15, 0.2) is 18.0 Å². The summed E-state index contributed by atoms with van der Waals surface area (Å²) in [7, 11) is 0. The van der Waals surface area contributed by atoms with Gasteiger partial charge in [-0.15, -0.1) is 0 Å². The molecule has 4 rings (SSSR count). The Morgan fingerprint density at radius 3 is 2.79 bits per heavy atom. The molecule has 0 unspecified atom stereocenters. The topological polar surface area (TPSA) is 110 Å². The van der Waals surface area contributed by atoms with Gasteiger partial charge in [-0.2, -0.15) is 0 Å². The SMILES string of the molecule is CC(=Nc1ccc(OCCCN)cc1)c1c(O)[nH]c2ccc(-c3cnco3)cc12. The molecule has 7 nitrogen and oxygen atoms in total. The zero-order valence-electron chi connectivity index (χ0n) is 16.1. The highest BCUT2D eigenvalue weighted by Gasteiger charge is 2.15. The molecule has 0 aliphatic heterocycles. The first kappa shape index (κ1) is 18.8. The fourth-order valence-corrected chi connectivity index (χ4v) is 3.20.